The highest BCUT2D eigenvalue weighted by molar-refractivity contribution is 7.99. The van der Waals surface area contributed by atoms with Crippen molar-refractivity contribution in [3.8, 4) is 0 Å². The summed E-state index contributed by atoms with van der Waals surface area (Å²) in [5.74, 6) is 0.730. The summed E-state index contributed by atoms with van der Waals surface area (Å²) in [6.45, 7) is 0.335. The Morgan fingerprint density at radius 2 is 2.33 bits per heavy atom. The van der Waals surface area contributed by atoms with Crippen molar-refractivity contribution in [2.24, 2.45) is 0 Å². The number of thioether (sulfide) groups is 1. The molecule has 1 radical (unpaired) electrons. The maximum absolute atomic E-state index is 10.1. The summed E-state index contributed by atoms with van der Waals surface area (Å²) in [6, 6.07) is 0. The van der Waals surface area contributed by atoms with Gasteiger partial charge >= 0.3 is 0 Å². The molecule has 0 aromatic carbocycles. The molecule has 10 heteroatoms. The highest BCUT2D eigenvalue weighted by atomic mass is 32.2. The lowest BCUT2D eigenvalue weighted by Crippen LogP contribution is -2.05. The van der Waals surface area contributed by atoms with Crippen LogP contribution in [-0.2, 0) is 11.3 Å². The standard InChI is InChI=1S/C5H5N8OS/c14-1-2-15-5-8-11-12-13(5)3-4-6-9-10-7-4/h2-3H2,(H,6,7,9,10). The summed E-state index contributed by atoms with van der Waals surface area (Å²) >= 11 is 1.20. The average Bonchev–Trinajstić information content (AvgIpc) is 2.87. The highest BCUT2D eigenvalue weighted by Gasteiger charge is 2.08. The van der Waals surface area contributed by atoms with Gasteiger partial charge in [-0.25, -0.2) is 9.78 Å². The van der Waals surface area contributed by atoms with Crippen molar-refractivity contribution in [3.63, 3.8) is 0 Å². The van der Waals surface area contributed by atoms with Crippen LogP contribution < -0.4 is 0 Å². The van der Waals surface area contributed by atoms with Gasteiger partial charge in [-0.2, -0.15) is 0 Å². The Balaban J connectivity index is 2.07. The topological polar surface area (TPSA) is 115 Å². The van der Waals surface area contributed by atoms with Gasteiger partial charge in [-0.15, -0.1) is 10.2 Å². The molecular weight excluding hydrogens is 220 g/mol. The van der Waals surface area contributed by atoms with Crippen LogP contribution in [0.25, 0.3) is 0 Å². The zero-order valence-electron chi connectivity index (χ0n) is 7.36. The van der Waals surface area contributed by atoms with E-state index in [-0.39, 0.29) is 5.75 Å². The fourth-order valence-corrected chi connectivity index (χ4v) is 1.41. The summed E-state index contributed by atoms with van der Waals surface area (Å²) in [6.07, 6.45) is 1.75. The molecule has 0 spiro atoms. The van der Waals surface area contributed by atoms with Gasteiger partial charge in [0.15, 0.2) is 5.82 Å². The van der Waals surface area contributed by atoms with Gasteiger partial charge in [0.25, 0.3) is 0 Å². The second kappa shape index (κ2) is 4.59. The lowest BCUT2D eigenvalue weighted by Gasteiger charge is -1.98. The van der Waals surface area contributed by atoms with E-state index in [1.165, 1.54) is 16.4 Å². The molecule has 1 N–H and O–H groups in total. The van der Waals surface area contributed by atoms with Gasteiger partial charge in [0.2, 0.25) is 11.4 Å². The number of hydrogen-bond donors (Lipinski definition) is 1. The molecule has 0 aliphatic rings. The molecule has 9 nitrogen and oxygen atoms in total. The first kappa shape index (κ1) is 9.71. The second-order valence-corrected chi connectivity index (χ2v) is 3.34. The Kier molecular flexibility index (Phi) is 2.97. The zero-order chi connectivity index (χ0) is 10.5. The van der Waals surface area contributed by atoms with Gasteiger partial charge in [-0.3, -0.25) is 4.79 Å². The molecule has 15 heavy (non-hydrogen) atoms. The molecular formula is C5H5N8OS. The van der Waals surface area contributed by atoms with Crippen LogP contribution in [0.5, 0.6) is 0 Å². The van der Waals surface area contributed by atoms with E-state index in [9.17, 15) is 4.79 Å². The molecule has 2 rings (SSSR count). The fourth-order valence-electron chi connectivity index (χ4n) is 0.881. The Labute approximate surface area is 87.6 Å². The van der Waals surface area contributed by atoms with E-state index in [2.05, 4.69) is 36.1 Å². The predicted molar refractivity (Wildman–Crippen MR) is 47.5 cm³/mol. The molecule has 0 aliphatic carbocycles. The maximum atomic E-state index is 10.1. The molecule has 0 aliphatic heterocycles. The molecule has 0 saturated heterocycles. The van der Waals surface area contributed by atoms with E-state index in [0.29, 0.717) is 17.5 Å². The molecule has 0 fully saturated rings. The molecule has 2 aromatic heterocycles. The third-order valence-electron chi connectivity index (χ3n) is 1.45. The molecule has 2 heterocycles. The molecule has 0 unspecified atom stereocenters. The number of aromatic amines is 1. The van der Waals surface area contributed by atoms with Crippen molar-refractivity contribution in [1.82, 2.24) is 40.8 Å². The van der Waals surface area contributed by atoms with Crippen molar-refractivity contribution in [2.75, 3.05) is 5.75 Å². The Bertz CT molecular complexity index is 424. The molecule has 0 amide bonds. The minimum Gasteiger partial charge on any atom is -0.290 e. The van der Waals surface area contributed by atoms with E-state index in [1.807, 2.05) is 0 Å². The number of rotatable bonds is 5. The average molecular weight is 225 g/mol. The number of H-pyrrole nitrogens is 1. The summed E-state index contributed by atoms with van der Waals surface area (Å²) in [5.41, 5.74) is 0. The first-order chi connectivity index (χ1) is 7.40. The third-order valence-corrected chi connectivity index (χ3v) is 2.26. The minimum absolute atomic E-state index is 0.190. The van der Waals surface area contributed by atoms with Crippen LogP contribution in [0.3, 0.4) is 0 Å². The van der Waals surface area contributed by atoms with Crippen LogP contribution in [0.1, 0.15) is 5.82 Å². The number of hydrogen-bond acceptors (Lipinski definition) is 8. The molecule has 2 aromatic rings. The van der Waals surface area contributed by atoms with Crippen molar-refractivity contribution in [3.05, 3.63) is 5.82 Å². The van der Waals surface area contributed by atoms with Crippen LogP contribution in [0.2, 0.25) is 0 Å². The van der Waals surface area contributed by atoms with Crippen LogP contribution in [0.15, 0.2) is 5.16 Å². The Morgan fingerprint density at radius 1 is 1.40 bits per heavy atom. The molecule has 0 bridgehead atoms. The highest BCUT2D eigenvalue weighted by Crippen LogP contribution is 2.12. The van der Waals surface area contributed by atoms with Crippen LogP contribution >= 0.6 is 11.8 Å². The van der Waals surface area contributed by atoms with Crippen LogP contribution in [0, 0.1) is 0 Å². The van der Waals surface area contributed by atoms with Crippen LogP contribution in [0.4, 0.5) is 0 Å². The number of carbonyl (C=O) groups excluding carboxylic acids is 1. The summed E-state index contributed by atoms with van der Waals surface area (Å²) in [4.78, 5) is 10.1. The van der Waals surface area contributed by atoms with Gasteiger partial charge in [0, 0.05) is 0 Å². The fraction of sp³-hybridized carbons (Fsp3) is 0.400. The number of nitrogens with one attached hydrogen (secondary N) is 1. The second-order valence-electron chi connectivity index (χ2n) is 2.40. The zero-order valence-corrected chi connectivity index (χ0v) is 8.18. The number of aromatic nitrogens is 8. The monoisotopic (exact) mass is 225 g/mol. The van der Waals surface area contributed by atoms with Crippen molar-refractivity contribution in [1.29, 1.82) is 0 Å². The van der Waals surface area contributed by atoms with E-state index in [0.717, 1.165) is 0 Å². The predicted octanol–water partition coefficient (Wildman–Crippen LogP) is -1.56. The smallest absolute Gasteiger partial charge is 0.210 e. The van der Waals surface area contributed by atoms with Crippen molar-refractivity contribution in [2.45, 2.75) is 11.7 Å². The van der Waals surface area contributed by atoms with Crippen LogP contribution in [-0.4, -0.2) is 52.9 Å². The summed E-state index contributed by atoms with van der Waals surface area (Å²) in [5, 5.41) is 24.6. The van der Waals surface area contributed by atoms with Gasteiger partial charge < -0.3 is 0 Å². The van der Waals surface area contributed by atoms with E-state index in [1.54, 1.807) is 6.29 Å². The number of nitrogens with zero attached hydrogens (tertiary/aromatic N) is 7. The van der Waals surface area contributed by atoms with Crippen molar-refractivity contribution >= 4 is 18.0 Å². The van der Waals surface area contributed by atoms with Crippen molar-refractivity contribution < 1.29 is 4.79 Å². The van der Waals surface area contributed by atoms with Gasteiger partial charge in [-0.05, 0) is 20.9 Å². The van der Waals surface area contributed by atoms with E-state index >= 15 is 0 Å². The molecule has 0 atom stereocenters. The number of tetrazole rings is 2. The molecule has 77 valence electrons. The van der Waals surface area contributed by atoms with E-state index < -0.39 is 0 Å². The maximum Gasteiger partial charge on any atom is 0.210 e. The van der Waals surface area contributed by atoms with Gasteiger partial charge in [-0.1, -0.05) is 11.8 Å². The minimum atomic E-state index is 0.190. The quantitative estimate of drug-likeness (QED) is 0.607. The first-order valence-electron chi connectivity index (χ1n) is 3.86. The first-order valence-corrected chi connectivity index (χ1v) is 4.85. The largest absolute Gasteiger partial charge is 0.290 e. The third kappa shape index (κ3) is 2.34. The normalized spacial score (nSPS) is 10.4. The van der Waals surface area contributed by atoms with Gasteiger partial charge in [0.1, 0.15) is 6.54 Å². The lowest BCUT2D eigenvalue weighted by atomic mass is 10.6. The van der Waals surface area contributed by atoms with E-state index in [4.69, 9.17) is 0 Å². The Morgan fingerprint density at radius 3 is 3.07 bits per heavy atom. The van der Waals surface area contributed by atoms with Gasteiger partial charge in [0.05, 0.1) is 5.75 Å². The molecule has 0 saturated carbocycles. The Hall–Kier alpha value is -1.84. The SMILES string of the molecule is O=[C]CSc1nnnn1Cc1nnn[nH]1. The summed E-state index contributed by atoms with van der Waals surface area (Å²) < 4.78 is 1.49. The lowest BCUT2D eigenvalue weighted by molar-refractivity contribution is 0.560. The summed E-state index contributed by atoms with van der Waals surface area (Å²) in [7, 11) is 0.